The minimum atomic E-state index is -0.0334. The van der Waals surface area contributed by atoms with E-state index in [1.54, 1.807) is 0 Å². The van der Waals surface area contributed by atoms with E-state index in [-0.39, 0.29) is 11.2 Å². The van der Waals surface area contributed by atoms with Crippen LogP contribution in [0.1, 0.15) is 83.5 Å². The molecule has 122 valence electrons. The summed E-state index contributed by atoms with van der Waals surface area (Å²) in [5, 5.41) is 0. The number of ether oxygens (including phenoxy) is 2. The van der Waals surface area contributed by atoms with Gasteiger partial charge >= 0.3 is 0 Å². The van der Waals surface area contributed by atoms with Crippen molar-refractivity contribution in [3.63, 3.8) is 0 Å². The average Bonchev–Trinajstić information content (AvgIpc) is 2.74. The van der Waals surface area contributed by atoms with Gasteiger partial charge in [-0.25, -0.2) is 0 Å². The third kappa shape index (κ3) is 3.80. The van der Waals surface area contributed by atoms with Gasteiger partial charge in [-0.15, -0.1) is 0 Å². The molecule has 0 aromatic carbocycles. The van der Waals surface area contributed by atoms with Gasteiger partial charge in [0, 0.05) is 19.6 Å². The molecule has 1 unspecified atom stereocenters. The maximum atomic E-state index is 6.67. The first-order chi connectivity index (χ1) is 10.3. The Labute approximate surface area is 129 Å². The van der Waals surface area contributed by atoms with Gasteiger partial charge in [0.05, 0.1) is 17.3 Å². The molecule has 3 fully saturated rings. The van der Waals surface area contributed by atoms with E-state index in [0.717, 1.165) is 32.3 Å². The minimum Gasteiger partial charge on any atom is -0.375 e. The maximum absolute atomic E-state index is 6.67. The molecule has 3 rings (SSSR count). The largest absolute Gasteiger partial charge is 0.375 e. The zero-order valence-electron chi connectivity index (χ0n) is 13.6. The molecule has 1 atom stereocenters. The lowest BCUT2D eigenvalue weighted by Gasteiger charge is -2.46. The van der Waals surface area contributed by atoms with Crippen LogP contribution in [0.15, 0.2) is 0 Å². The molecule has 2 aliphatic carbocycles. The molecule has 2 saturated carbocycles. The molecule has 1 spiro atoms. The van der Waals surface area contributed by atoms with E-state index in [0.29, 0.717) is 12.6 Å². The van der Waals surface area contributed by atoms with E-state index < -0.39 is 0 Å². The Balaban J connectivity index is 1.62. The van der Waals surface area contributed by atoms with Crippen LogP contribution >= 0.6 is 0 Å². The molecule has 0 amide bonds. The Morgan fingerprint density at radius 1 is 0.905 bits per heavy atom. The van der Waals surface area contributed by atoms with Gasteiger partial charge in [0.15, 0.2) is 0 Å². The molecule has 21 heavy (non-hydrogen) atoms. The van der Waals surface area contributed by atoms with E-state index in [9.17, 15) is 0 Å². The molecule has 2 N–H and O–H groups in total. The molecule has 3 aliphatic rings. The van der Waals surface area contributed by atoms with Crippen LogP contribution < -0.4 is 5.73 Å². The number of nitrogens with two attached hydrogens (primary N) is 1. The molecular formula is C18H33NO2. The lowest BCUT2D eigenvalue weighted by Crippen LogP contribution is -2.49. The predicted octanol–water partition coefficient (Wildman–Crippen LogP) is 3.94. The Bertz CT molecular complexity index is 312. The van der Waals surface area contributed by atoms with Gasteiger partial charge in [0.1, 0.15) is 0 Å². The van der Waals surface area contributed by atoms with Crippen molar-refractivity contribution in [3.8, 4) is 0 Å². The first-order valence-corrected chi connectivity index (χ1v) is 9.28. The van der Waals surface area contributed by atoms with Crippen molar-refractivity contribution in [2.45, 2.75) is 101 Å². The fourth-order valence-electron chi connectivity index (χ4n) is 4.72. The van der Waals surface area contributed by atoms with Crippen LogP contribution in [0.3, 0.4) is 0 Å². The summed E-state index contributed by atoms with van der Waals surface area (Å²) in [5.41, 5.74) is 6.25. The molecular weight excluding hydrogens is 262 g/mol. The molecule has 0 radical (unpaired) electrons. The third-order valence-corrected chi connectivity index (χ3v) is 6.02. The van der Waals surface area contributed by atoms with E-state index >= 15 is 0 Å². The van der Waals surface area contributed by atoms with Crippen LogP contribution in [0, 0.1) is 0 Å². The van der Waals surface area contributed by atoms with Gasteiger partial charge in [-0.1, -0.05) is 44.9 Å². The third-order valence-electron chi connectivity index (χ3n) is 6.02. The maximum Gasteiger partial charge on any atom is 0.0807 e. The van der Waals surface area contributed by atoms with Gasteiger partial charge in [0.2, 0.25) is 0 Å². The van der Waals surface area contributed by atoms with Crippen molar-refractivity contribution < 1.29 is 9.47 Å². The van der Waals surface area contributed by atoms with Crippen molar-refractivity contribution in [1.82, 2.24) is 0 Å². The zero-order chi connectivity index (χ0) is 14.6. The topological polar surface area (TPSA) is 44.5 Å². The minimum absolute atomic E-state index is 0.0334. The number of hydrogen-bond acceptors (Lipinski definition) is 3. The zero-order valence-corrected chi connectivity index (χ0v) is 13.6. The average molecular weight is 295 g/mol. The second kappa shape index (κ2) is 6.97. The van der Waals surface area contributed by atoms with Crippen LogP contribution in [0.25, 0.3) is 0 Å². The van der Waals surface area contributed by atoms with E-state index in [4.69, 9.17) is 15.2 Å². The van der Waals surface area contributed by atoms with Crippen molar-refractivity contribution in [3.05, 3.63) is 0 Å². The van der Waals surface area contributed by atoms with Crippen molar-refractivity contribution in [1.29, 1.82) is 0 Å². The quantitative estimate of drug-likeness (QED) is 0.802. The second-order valence-corrected chi connectivity index (χ2v) is 7.63. The first-order valence-electron chi connectivity index (χ1n) is 9.28. The van der Waals surface area contributed by atoms with Crippen molar-refractivity contribution >= 4 is 0 Å². The molecule has 0 bridgehead atoms. The highest BCUT2D eigenvalue weighted by Crippen LogP contribution is 2.41. The monoisotopic (exact) mass is 295 g/mol. The second-order valence-electron chi connectivity index (χ2n) is 7.63. The van der Waals surface area contributed by atoms with E-state index in [2.05, 4.69) is 0 Å². The first kappa shape index (κ1) is 15.8. The van der Waals surface area contributed by atoms with Crippen molar-refractivity contribution in [2.24, 2.45) is 5.73 Å². The molecule has 0 aromatic heterocycles. The Hall–Kier alpha value is -0.120. The molecule has 3 nitrogen and oxygen atoms in total. The molecule has 1 aliphatic heterocycles. The SMILES string of the molecule is NCC1(OC2CCOC3(CCCCC3)C2)CCCCCC1. The summed E-state index contributed by atoms with van der Waals surface area (Å²) in [6.07, 6.45) is 16.6. The van der Waals surface area contributed by atoms with Gasteiger partial charge in [-0.2, -0.15) is 0 Å². The van der Waals surface area contributed by atoms with Crippen LogP contribution in [-0.2, 0) is 9.47 Å². The summed E-state index contributed by atoms with van der Waals surface area (Å²) in [4.78, 5) is 0. The van der Waals surface area contributed by atoms with Crippen LogP contribution in [0.5, 0.6) is 0 Å². The Morgan fingerprint density at radius 2 is 1.52 bits per heavy atom. The van der Waals surface area contributed by atoms with Crippen LogP contribution in [0.2, 0.25) is 0 Å². The van der Waals surface area contributed by atoms with E-state index in [1.165, 1.54) is 57.8 Å². The summed E-state index contributed by atoms with van der Waals surface area (Å²) < 4.78 is 12.9. The van der Waals surface area contributed by atoms with Gasteiger partial charge in [-0.05, 0) is 32.1 Å². The molecule has 1 heterocycles. The molecule has 0 aromatic rings. The van der Waals surface area contributed by atoms with Crippen LogP contribution in [0.4, 0.5) is 0 Å². The molecule has 3 heteroatoms. The standard InChI is InChI=1S/C18H33NO2/c19-15-18(11-4-1-2-5-12-18)21-16-8-13-20-17(14-16)9-6-3-7-10-17/h16H,1-15,19H2. The summed E-state index contributed by atoms with van der Waals surface area (Å²) >= 11 is 0. The summed E-state index contributed by atoms with van der Waals surface area (Å²) in [6.45, 7) is 1.57. The highest BCUT2D eigenvalue weighted by Gasteiger charge is 2.42. The number of hydrogen-bond donors (Lipinski definition) is 1. The lowest BCUT2D eigenvalue weighted by atomic mass is 9.78. The summed E-state index contributed by atoms with van der Waals surface area (Å²) in [5.74, 6) is 0. The number of rotatable bonds is 3. The highest BCUT2D eigenvalue weighted by atomic mass is 16.5. The van der Waals surface area contributed by atoms with E-state index in [1.807, 2.05) is 0 Å². The van der Waals surface area contributed by atoms with Gasteiger partial charge < -0.3 is 15.2 Å². The molecule has 1 saturated heterocycles. The summed E-state index contributed by atoms with van der Waals surface area (Å²) in [6, 6.07) is 0. The normalized spacial score (nSPS) is 32.7. The fraction of sp³-hybridized carbons (Fsp3) is 1.00. The van der Waals surface area contributed by atoms with Crippen LogP contribution in [-0.4, -0.2) is 30.5 Å². The fourth-order valence-corrected chi connectivity index (χ4v) is 4.72. The predicted molar refractivity (Wildman–Crippen MR) is 85.4 cm³/mol. The van der Waals surface area contributed by atoms with Gasteiger partial charge in [0.25, 0.3) is 0 Å². The van der Waals surface area contributed by atoms with Crippen molar-refractivity contribution in [2.75, 3.05) is 13.2 Å². The lowest BCUT2D eigenvalue weighted by molar-refractivity contribution is -0.184. The Morgan fingerprint density at radius 3 is 2.19 bits per heavy atom. The highest BCUT2D eigenvalue weighted by molar-refractivity contribution is 4.93. The Kier molecular flexibility index (Phi) is 5.23. The smallest absolute Gasteiger partial charge is 0.0807 e. The van der Waals surface area contributed by atoms with Gasteiger partial charge in [-0.3, -0.25) is 0 Å². The summed E-state index contributed by atoms with van der Waals surface area (Å²) in [7, 11) is 0.